The molecule has 1 N–H and O–H groups in total. The van der Waals surface area contributed by atoms with Crippen molar-refractivity contribution in [1.82, 2.24) is 5.32 Å². The van der Waals surface area contributed by atoms with Crippen molar-refractivity contribution >= 4 is 0 Å². The summed E-state index contributed by atoms with van der Waals surface area (Å²) in [6.45, 7) is 10.3. The van der Waals surface area contributed by atoms with Crippen molar-refractivity contribution in [3.63, 3.8) is 0 Å². The van der Waals surface area contributed by atoms with Gasteiger partial charge in [-0.2, -0.15) is 0 Å². The van der Waals surface area contributed by atoms with E-state index >= 15 is 0 Å². The predicted molar refractivity (Wildman–Crippen MR) is 79.1 cm³/mol. The lowest BCUT2D eigenvalue weighted by molar-refractivity contribution is 0.404. The Morgan fingerprint density at radius 1 is 1.22 bits per heavy atom. The van der Waals surface area contributed by atoms with Crippen LogP contribution in [0.2, 0.25) is 0 Å². The number of hydrogen-bond acceptors (Lipinski definition) is 1. The van der Waals surface area contributed by atoms with Crippen LogP contribution in [0, 0.1) is 19.8 Å². The van der Waals surface area contributed by atoms with Crippen LogP contribution in [0.15, 0.2) is 18.2 Å². The summed E-state index contributed by atoms with van der Waals surface area (Å²) < 4.78 is 0. The fourth-order valence-corrected chi connectivity index (χ4v) is 3.46. The largest absolute Gasteiger partial charge is 0.314 e. The van der Waals surface area contributed by atoms with Crippen LogP contribution < -0.4 is 5.32 Å². The summed E-state index contributed by atoms with van der Waals surface area (Å²) in [5, 5.41) is 3.71. The number of benzene rings is 1. The lowest BCUT2D eigenvalue weighted by Gasteiger charge is -2.23. The van der Waals surface area contributed by atoms with E-state index in [9.17, 15) is 0 Å². The fraction of sp³-hybridized carbons (Fsp3) is 0.647. The molecule has 1 saturated carbocycles. The van der Waals surface area contributed by atoms with Gasteiger partial charge in [-0.1, -0.05) is 37.6 Å². The summed E-state index contributed by atoms with van der Waals surface area (Å²) >= 11 is 0. The lowest BCUT2D eigenvalue weighted by atomic mass is 9.86. The second kappa shape index (κ2) is 5.88. The third-order valence-corrected chi connectivity index (χ3v) is 4.54. The first kappa shape index (κ1) is 13.6. The molecule has 1 nitrogen and oxygen atoms in total. The molecule has 2 rings (SSSR count). The molecule has 0 amide bonds. The number of rotatable bonds is 4. The van der Waals surface area contributed by atoms with Crippen LogP contribution in [-0.4, -0.2) is 12.6 Å². The minimum absolute atomic E-state index is 0.718. The van der Waals surface area contributed by atoms with Crippen molar-refractivity contribution in [3.05, 3.63) is 34.9 Å². The monoisotopic (exact) mass is 245 g/mol. The Kier molecular flexibility index (Phi) is 4.45. The van der Waals surface area contributed by atoms with E-state index in [1.165, 1.54) is 30.4 Å². The summed E-state index contributed by atoms with van der Waals surface area (Å²) in [5.41, 5.74) is 4.43. The third-order valence-electron chi connectivity index (χ3n) is 4.54. The zero-order chi connectivity index (χ0) is 13.1. The van der Waals surface area contributed by atoms with Gasteiger partial charge in [0.25, 0.3) is 0 Å². The highest BCUT2D eigenvalue weighted by Gasteiger charge is 2.33. The standard InChI is InChI=1S/C17H27N/c1-5-10-18-17-9-8-16(14(17)4)15-7-6-12(2)11-13(15)3/h6-7,11,14,16-18H,5,8-10H2,1-4H3. The van der Waals surface area contributed by atoms with E-state index in [4.69, 9.17) is 0 Å². The summed E-state index contributed by atoms with van der Waals surface area (Å²) in [4.78, 5) is 0. The summed E-state index contributed by atoms with van der Waals surface area (Å²) in [5.74, 6) is 1.51. The third kappa shape index (κ3) is 2.77. The van der Waals surface area contributed by atoms with Crippen molar-refractivity contribution in [2.45, 2.75) is 58.9 Å². The first-order valence-electron chi connectivity index (χ1n) is 7.44. The zero-order valence-electron chi connectivity index (χ0n) is 12.3. The molecule has 1 heteroatoms. The van der Waals surface area contributed by atoms with Gasteiger partial charge in [-0.05, 0) is 62.6 Å². The van der Waals surface area contributed by atoms with E-state index in [1.807, 2.05) is 0 Å². The molecule has 0 radical (unpaired) electrons. The molecule has 3 unspecified atom stereocenters. The molecule has 0 aliphatic heterocycles. The van der Waals surface area contributed by atoms with E-state index in [0.29, 0.717) is 0 Å². The highest BCUT2D eigenvalue weighted by molar-refractivity contribution is 5.34. The molecule has 1 aliphatic rings. The second-order valence-corrected chi connectivity index (χ2v) is 5.96. The molecule has 0 spiro atoms. The Hall–Kier alpha value is -0.820. The lowest BCUT2D eigenvalue weighted by Crippen LogP contribution is -2.32. The van der Waals surface area contributed by atoms with Crippen LogP contribution in [0.4, 0.5) is 0 Å². The first-order valence-corrected chi connectivity index (χ1v) is 7.44. The number of aryl methyl sites for hydroxylation is 2. The van der Waals surface area contributed by atoms with Gasteiger partial charge in [0.05, 0.1) is 0 Å². The molecule has 0 saturated heterocycles. The van der Waals surface area contributed by atoms with E-state index in [0.717, 1.165) is 24.4 Å². The van der Waals surface area contributed by atoms with Gasteiger partial charge in [0, 0.05) is 6.04 Å². The van der Waals surface area contributed by atoms with Gasteiger partial charge in [0.1, 0.15) is 0 Å². The fourth-order valence-electron chi connectivity index (χ4n) is 3.46. The molecule has 100 valence electrons. The van der Waals surface area contributed by atoms with Crippen LogP contribution in [0.5, 0.6) is 0 Å². The van der Waals surface area contributed by atoms with Gasteiger partial charge < -0.3 is 5.32 Å². The first-order chi connectivity index (χ1) is 8.63. The van der Waals surface area contributed by atoms with Gasteiger partial charge in [-0.15, -0.1) is 0 Å². The molecule has 1 fully saturated rings. The van der Waals surface area contributed by atoms with Crippen LogP contribution in [-0.2, 0) is 0 Å². The predicted octanol–water partition coefficient (Wildman–Crippen LogP) is 4.19. The summed E-state index contributed by atoms with van der Waals surface area (Å²) in [7, 11) is 0. The van der Waals surface area contributed by atoms with Gasteiger partial charge in [-0.25, -0.2) is 0 Å². The average molecular weight is 245 g/mol. The minimum atomic E-state index is 0.718. The Balaban J connectivity index is 2.10. The molecule has 0 heterocycles. The molecular formula is C17H27N. The molecule has 0 aromatic heterocycles. The number of hydrogen-bond donors (Lipinski definition) is 1. The normalized spacial score (nSPS) is 27.7. The Labute approximate surface area is 112 Å². The molecular weight excluding hydrogens is 218 g/mol. The maximum absolute atomic E-state index is 3.71. The van der Waals surface area contributed by atoms with Crippen molar-refractivity contribution in [2.75, 3.05) is 6.54 Å². The van der Waals surface area contributed by atoms with Gasteiger partial charge in [-0.3, -0.25) is 0 Å². The molecule has 1 aliphatic carbocycles. The summed E-state index contributed by atoms with van der Waals surface area (Å²) in [6, 6.07) is 7.67. The van der Waals surface area contributed by atoms with Crippen molar-refractivity contribution in [2.24, 2.45) is 5.92 Å². The van der Waals surface area contributed by atoms with Crippen molar-refractivity contribution in [3.8, 4) is 0 Å². The SMILES string of the molecule is CCCNC1CCC(c2ccc(C)cc2C)C1C. The molecule has 1 aromatic carbocycles. The number of nitrogens with one attached hydrogen (secondary N) is 1. The van der Waals surface area contributed by atoms with Crippen LogP contribution >= 0.6 is 0 Å². The Bertz CT molecular complexity index is 397. The van der Waals surface area contributed by atoms with Crippen LogP contribution in [0.3, 0.4) is 0 Å². The maximum Gasteiger partial charge on any atom is 0.00987 e. The average Bonchev–Trinajstić information content (AvgIpc) is 2.68. The summed E-state index contributed by atoms with van der Waals surface area (Å²) in [6.07, 6.45) is 3.91. The molecule has 18 heavy (non-hydrogen) atoms. The van der Waals surface area contributed by atoms with Gasteiger partial charge in [0.2, 0.25) is 0 Å². The quantitative estimate of drug-likeness (QED) is 0.839. The van der Waals surface area contributed by atoms with Gasteiger partial charge in [0.15, 0.2) is 0 Å². The van der Waals surface area contributed by atoms with Crippen molar-refractivity contribution < 1.29 is 0 Å². The minimum Gasteiger partial charge on any atom is -0.314 e. The molecule has 1 aromatic rings. The van der Waals surface area contributed by atoms with Crippen molar-refractivity contribution in [1.29, 1.82) is 0 Å². The smallest absolute Gasteiger partial charge is 0.00987 e. The van der Waals surface area contributed by atoms with Crippen LogP contribution in [0.25, 0.3) is 0 Å². The maximum atomic E-state index is 3.71. The highest BCUT2D eigenvalue weighted by atomic mass is 14.9. The zero-order valence-corrected chi connectivity index (χ0v) is 12.3. The molecule has 3 atom stereocenters. The highest BCUT2D eigenvalue weighted by Crippen LogP contribution is 2.40. The van der Waals surface area contributed by atoms with E-state index < -0.39 is 0 Å². The molecule has 0 bridgehead atoms. The second-order valence-electron chi connectivity index (χ2n) is 5.96. The Morgan fingerprint density at radius 2 is 2.00 bits per heavy atom. The van der Waals surface area contributed by atoms with Gasteiger partial charge >= 0.3 is 0 Å². The Morgan fingerprint density at radius 3 is 2.67 bits per heavy atom. The van der Waals surface area contributed by atoms with E-state index in [2.05, 4.69) is 51.2 Å². The topological polar surface area (TPSA) is 12.0 Å². The van der Waals surface area contributed by atoms with Crippen LogP contribution in [0.1, 0.15) is 55.7 Å². The van der Waals surface area contributed by atoms with E-state index in [-0.39, 0.29) is 0 Å². The van der Waals surface area contributed by atoms with E-state index in [1.54, 1.807) is 5.56 Å².